The zero-order valence-corrected chi connectivity index (χ0v) is 16.1. The number of aromatic nitrogens is 2. The van der Waals surface area contributed by atoms with Crippen molar-refractivity contribution in [3.05, 3.63) is 78.5 Å². The van der Waals surface area contributed by atoms with Gasteiger partial charge in [0.2, 0.25) is 5.92 Å². The lowest BCUT2D eigenvalue weighted by molar-refractivity contribution is -0.0867. The van der Waals surface area contributed by atoms with Gasteiger partial charge in [0, 0.05) is 35.6 Å². The molecule has 1 aliphatic rings. The van der Waals surface area contributed by atoms with Crippen molar-refractivity contribution >= 4 is 16.7 Å². The third-order valence-electron chi connectivity index (χ3n) is 5.71. The van der Waals surface area contributed by atoms with Crippen molar-refractivity contribution in [1.29, 1.82) is 0 Å². The van der Waals surface area contributed by atoms with Crippen LogP contribution in [0.3, 0.4) is 0 Å². The van der Waals surface area contributed by atoms with Crippen LogP contribution in [0.5, 0.6) is 0 Å². The molecule has 0 aliphatic heterocycles. The lowest BCUT2D eigenvalue weighted by Crippen LogP contribution is -2.33. The lowest BCUT2D eigenvalue weighted by atomic mass is 9.76. The standard InChI is InChI=1S/C24H20F2N4/c25-24(26)13-18(14-24)15-6-8-17(9-7-15)22-19(16-4-2-1-3-5-16)12-20-21(29-22)10-11-28-23(20)30-27/h1-12,18H,13-14,27H2,(H,28,30). The van der Waals surface area contributed by atoms with E-state index in [4.69, 9.17) is 10.8 Å². The minimum Gasteiger partial charge on any atom is -0.308 e. The van der Waals surface area contributed by atoms with Crippen LogP contribution < -0.4 is 11.3 Å². The topological polar surface area (TPSA) is 63.8 Å². The number of hydrazine groups is 1. The van der Waals surface area contributed by atoms with E-state index in [2.05, 4.69) is 10.4 Å². The number of hydrogen-bond acceptors (Lipinski definition) is 4. The van der Waals surface area contributed by atoms with Gasteiger partial charge in [-0.25, -0.2) is 24.6 Å². The third kappa shape index (κ3) is 3.29. The molecule has 0 atom stereocenters. The van der Waals surface area contributed by atoms with Gasteiger partial charge < -0.3 is 5.43 Å². The van der Waals surface area contributed by atoms with Crippen LogP contribution in [-0.2, 0) is 0 Å². The summed E-state index contributed by atoms with van der Waals surface area (Å²) in [7, 11) is 0. The highest BCUT2D eigenvalue weighted by Crippen LogP contribution is 2.48. The molecular formula is C24H20F2N4. The zero-order chi connectivity index (χ0) is 20.7. The molecule has 6 heteroatoms. The van der Waals surface area contributed by atoms with Gasteiger partial charge in [0.05, 0.1) is 11.2 Å². The second-order valence-electron chi connectivity index (χ2n) is 7.70. The SMILES string of the molecule is NNc1nccc2nc(-c3ccc(C4CC(F)(F)C4)cc3)c(-c3ccccc3)cc12. The molecule has 0 bridgehead atoms. The molecule has 1 aliphatic carbocycles. The molecule has 0 amide bonds. The number of alkyl halides is 2. The average molecular weight is 402 g/mol. The van der Waals surface area contributed by atoms with Gasteiger partial charge in [0.25, 0.3) is 0 Å². The van der Waals surface area contributed by atoms with Crippen molar-refractivity contribution < 1.29 is 8.78 Å². The number of benzene rings is 2. The number of halogens is 2. The summed E-state index contributed by atoms with van der Waals surface area (Å²) in [4.78, 5) is 9.19. The molecule has 1 saturated carbocycles. The maximum Gasteiger partial charge on any atom is 0.249 e. The molecular weight excluding hydrogens is 382 g/mol. The van der Waals surface area contributed by atoms with Crippen LogP contribution in [-0.4, -0.2) is 15.9 Å². The van der Waals surface area contributed by atoms with Crippen LogP contribution in [0.1, 0.15) is 24.3 Å². The Balaban J connectivity index is 1.62. The first-order chi connectivity index (χ1) is 14.5. The molecule has 0 radical (unpaired) electrons. The minimum absolute atomic E-state index is 0.0717. The predicted molar refractivity (Wildman–Crippen MR) is 115 cm³/mol. The molecule has 2 aromatic heterocycles. The van der Waals surface area contributed by atoms with Crippen LogP contribution in [0, 0.1) is 0 Å². The Kier molecular flexibility index (Phi) is 4.44. The second-order valence-corrected chi connectivity index (χ2v) is 7.70. The highest BCUT2D eigenvalue weighted by atomic mass is 19.3. The number of nitrogens with one attached hydrogen (secondary N) is 1. The van der Waals surface area contributed by atoms with Crippen molar-refractivity contribution in [1.82, 2.24) is 9.97 Å². The minimum atomic E-state index is -2.52. The Morgan fingerprint density at radius 2 is 1.67 bits per heavy atom. The fourth-order valence-corrected chi connectivity index (χ4v) is 4.08. The maximum atomic E-state index is 13.2. The summed E-state index contributed by atoms with van der Waals surface area (Å²) in [6, 6.07) is 21.7. The summed E-state index contributed by atoms with van der Waals surface area (Å²) in [6.07, 6.45) is 1.52. The van der Waals surface area contributed by atoms with E-state index in [1.165, 1.54) is 0 Å². The van der Waals surface area contributed by atoms with E-state index in [1.807, 2.05) is 66.7 Å². The number of nitrogen functional groups attached to an aromatic ring is 1. The summed E-state index contributed by atoms with van der Waals surface area (Å²) in [5.41, 5.74) is 8.10. The van der Waals surface area contributed by atoms with Gasteiger partial charge in [-0.2, -0.15) is 0 Å². The molecule has 0 spiro atoms. The summed E-state index contributed by atoms with van der Waals surface area (Å²) in [5, 5.41) is 0.830. The maximum absolute atomic E-state index is 13.2. The molecule has 2 aromatic carbocycles. The number of anilines is 1. The monoisotopic (exact) mass is 402 g/mol. The Bertz CT molecular complexity index is 1200. The smallest absolute Gasteiger partial charge is 0.249 e. The van der Waals surface area contributed by atoms with Gasteiger partial charge >= 0.3 is 0 Å². The van der Waals surface area contributed by atoms with E-state index >= 15 is 0 Å². The van der Waals surface area contributed by atoms with Crippen LogP contribution in [0.2, 0.25) is 0 Å². The summed E-state index contributed by atoms with van der Waals surface area (Å²) in [6.45, 7) is 0. The quantitative estimate of drug-likeness (QED) is 0.336. The van der Waals surface area contributed by atoms with Crippen LogP contribution in [0.15, 0.2) is 72.9 Å². The molecule has 30 heavy (non-hydrogen) atoms. The molecule has 4 nitrogen and oxygen atoms in total. The van der Waals surface area contributed by atoms with Crippen LogP contribution in [0.25, 0.3) is 33.3 Å². The fraction of sp³-hybridized carbons (Fsp3) is 0.167. The Morgan fingerprint density at radius 3 is 2.33 bits per heavy atom. The van der Waals surface area contributed by atoms with E-state index < -0.39 is 5.92 Å². The molecule has 150 valence electrons. The normalized spacial score (nSPS) is 15.7. The van der Waals surface area contributed by atoms with Crippen molar-refractivity contribution in [2.45, 2.75) is 24.7 Å². The van der Waals surface area contributed by atoms with E-state index in [1.54, 1.807) is 6.20 Å². The second kappa shape index (κ2) is 7.15. The average Bonchev–Trinajstić information content (AvgIpc) is 2.77. The van der Waals surface area contributed by atoms with Gasteiger partial charge in [-0.15, -0.1) is 0 Å². The summed E-state index contributed by atoms with van der Waals surface area (Å²) < 4.78 is 26.5. The van der Waals surface area contributed by atoms with E-state index in [0.717, 1.165) is 38.9 Å². The highest BCUT2D eigenvalue weighted by molar-refractivity contribution is 5.96. The Hall–Kier alpha value is -3.38. The van der Waals surface area contributed by atoms with Crippen LogP contribution in [0.4, 0.5) is 14.6 Å². The number of nitrogens with zero attached hydrogens (tertiary/aromatic N) is 2. The van der Waals surface area contributed by atoms with Crippen LogP contribution >= 0.6 is 0 Å². The summed E-state index contributed by atoms with van der Waals surface area (Å²) in [5.74, 6) is 3.61. The number of nitrogens with two attached hydrogens (primary N) is 1. The van der Waals surface area contributed by atoms with Crippen molar-refractivity contribution in [3.8, 4) is 22.4 Å². The molecule has 3 N–H and O–H groups in total. The molecule has 0 saturated heterocycles. The first-order valence-electron chi connectivity index (χ1n) is 9.84. The first kappa shape index (κ1) is 18.6. The van der Waals surface area contributed by atoms with Crippen molar-refractivity contribution in [2.75, 3.05) is 5.43 Å². The predicted octanol–water partition coefficient (Wildman–Crippen LogP) is 5.76. The number of pyridine rings is 2. The van der Waals surface area contributed by atoms with Gasteiger partial charge in [-0.3, -0.25) is 0 Å². The molecule has 5 rings (SSSR count). The third-order valence-corrected chi connectivity index (χ3v) is 5.71. The highest BCUT2D eigenvalue weighted by Gasteiger charge is 2.45. The van der Waals surface area contributed by atoms with Gasteiger partial charge in [0.15, 0.2) is 0 Å². The van der Waals surface area contributed by atoms with Crippen molar-refractivity contribution in [2.24, 2.45) is 5.84 Å². The first-order valence-corrected chi connectivity index (χ1v) is 9.84. The Labute approximate surface area is 172 Å². The molecule has 4 aromatic rings. The zero-order valence-electron chi connectivity index (χ0n) is 16.1. The van der Waals surface area contributed by atoms with E-state index in [9.17, 15) is 8.78 Å². The van der Waals surface area contributed by atoms with Crippen molar-refractivity contribution in [3.63, 3.8) is 0 Å². The Morgan fingerprint density at radius 1 is 0.933 bits per heavy atom. The van der Waals surface area contributed by atoms with Gasteiger partial charge in [-0.1, -0.05) is 54.6 Å². The lowest BCUT2D eigenvalue weighted by Gasteiger charge is -2.35. The number of fused-ring (bicyclic) bond motifs is 1. The molecule has 2 heterocycles. The van der Waals surface area contributed by atoms with E-state index in [0.29, 0.717) is 5.82 Å². The van der Waals surface area contributed by atoms with E-state index in [-0.39, 0.29) is 18.8 Å². The fourth-order valence-electron chi connectivity index (χ4n) is 4.08. The van der Waals surface area contributed by atoms with Gasteiger partial charge in [-0.05, 0) is 29.2 Å². The number of hydrogen-bond donors (Lipinski definition) is 2. The molecule has 1 fully saturated rings. The number of rotatable bonds is 4. The largest absolute Gasteiger partial charge is 0.308 e. The molecule has 0 unspecified atom stereocenters. The summed E-state index contributed by atoms with van der Waals surface area (Å²) >= 11 is 0. The van der Waals surface area contributed by atoms with Gasteiger partial charge in [0.1, 0.15) is 5.82 Å².